The lowest BCUT2D eigenvalue weighted by Gasteiger charge is -2.14. The van der Waals surface area contributed by atoms with Crippen molar-refractivity contribution in [3.05, 3.63) is 0 Å². The SMILES string of the molecule is CCCCCCCCCCCCCCCCCCOC(=O)C(N)C(C)C. The second kappa shape index (κ2) is 19.2. The minimum absolute atomic E-state index is 0.147. The molecule has 1 unspecified atom stereocenters. The molecule has 0 bridgehead atoms. The Morgan fingerprint density at radius 2 is 1.04 bits per heavy atom. The topological polar surface area (TPSA) is 52.3 Å². The number of hydrogen-bond acceptors (Lipinski definition) is 3. The molecule has 0 rings (SSSR count). The minimum Gasteiger partial charge on any atom is -0.465 e. The molecular weight excluding hydrogens is 322 g/mol. The van der Waals surface area contributed by atoms with E-state index in [1.165, 1.54) is 89.9 Å². The fourth-order valence-corrected chi connectivity index (χ4v) is 3.19. The number of carbonyl (C=O) groups is 1. The molecule has 0 aromatic rings. The average Bonchev–Trinajstić information content (AvgIpc) is 2.63. The Balaban J connectivity index is 3.15. The summed E-state index contributed by atoms with van der Waals surface area (Å²) in [5, 5.41) is 0. The van der Waals surface area contributed by atoms with Crippen molar-refractivity contribution < 1.29 is 9.53 Å². The second-order valence-electron chi connectivity index (χ2n) is 8.24. The number of hydrogen-bond donors (Lipinski definition) is 1. The lowest BCUT2D eigenvalue weighted by molar-refractivity contribution is -0.146. The first kappa shape index (κ1) is 25.4. The van der Waals surface area contributed by atoms with Gasteiger partial charge in [-0.3, -0.25) is 4.79 Å². The number of carbonyl (C=O) groups excluding carboxylic acids is 1. The summed E-state index contributed by atoms with van der Waals surface area (Å²) in [6, 6.07) is -0.476. The van der Waals surface area contributed by atoms with Crippen LogP contribution in [-0.2, 0) is 9.53 Å². The summed E-state index contributed by atoms with van der Waals surface area (Å²) in [5.74, 6) is -0.103. The summed E-state index contributed by atoms with van der Waals surface area (Å²) >= 11 is 0. The van der Waals surface area contributed by atoms with Crippen LogP contribution in [0, 0.1) is 5.92 Å². The summed E-state index contributed by atoms with van der Waals surface area (Å²) in [5.41, 5.74) is 5.76. The van der Waals surface area contributed by atoms with E-state index in [0.717, 1.165) is 12.8 Å². The van der Waals surface area contributed by atoms with Crippen LogP contribution in [-0.4, -0.2) is 18.6 Å². The van der Waals surface area contributed by atoms with E-state index in [1.807, 2.05) is 13.8 Å². The molecule has 0 amide bonds. The minimum atomic E-state index is -0.476. The lowest BCUT2D eigenvalue weighted by Crippen LogP contribution is -2.37. The summed E-state index contributed by atoms with van der Waals surface area (Å²) in [6.07, 6.45) is 21.6. The van der Waals surface area contributed by atoms with Crippen molar-refractivity contribution in [2.45, 2.75) is 130 Å². The van der Waals surface area contributed by atoms with E-state index in [2.05, 4.69) is 6.92 Å². The predicted molar refractivity (Wildman–Crippen MR) is 113 cm³/mol. The highest BCUT2D eigenvalue weighted by Crippen LogP contribution is 2.13. The van der Waals surface area contributed by atoms with Gasteiger partial charge >= 0.3 is 5.97 Å². The molecule has 156 valence electrons. The molecule has 0 aliphatic carbocycles. The normalized spacial score (nSPS) is 12.5. The molecule has 0 heterocycles. The van der Waals surface area contributed by atoms with E-state index < -0.39 is 6.04 Å². The number of ether oxygens (including phenoxy) is 1. The van der Waals surface area contributed by atoms with Crippen LogP contribution in [0.15, 0.2) is 0 Å². The van der Waals surface area contributed by atoms with Crippen LogP contribution >= 0.6 is 0 Å². The smallest absolute Gasteiger partial charge is 0.323 e. The molecule has 0 fully saturated rings. The van der Waals surface area contributed by atoms with Crippen molar-refractivity contribution in [1.29, 1.82) is 0 Å². The van der Waals surface area contributed by atoms with Crippen molar-refractivity contribution in [2.75, 3.05) is 6.61 Å². The quantitative estimate of drug-likeness (QED) is 0.202. The zero-order valence-corrected chi connectivity index (χ0v) is 18.1. The molecule has 0 spiro atoms. The van der Waals surface area contributed by atoms with E-state index in [4.69, 9.17) is 10.5 Å². The Labute approximate surface area is 163 Å². The number of esters is 1. The van der Waals surface area contributed by atoms with Gasteiger partial charge in [0.1, 0.15) is 6.04 Å². The number of rotatable bonds is 19. The molecular formula is C23H47NO2. The zero-order chi connectivity index (χ0) is 19.5. The fourth-order valence-electron chi connectivity index (χ4n) is 3.19. The highest BCUT2D eigenvalue weighted by molar-refractivity contribution is 5.75. The molecule has 0 aromatic heterocycles. The maximum atomic E-state index is 11.6. The van der Waals surface area contributed by atoms with E-state index in [1.54, 1.807) is 0 Å². The predicted octanol–water partition coefficient (Wildman–Crippen LogP) is 6.77. The van der Waals surface area contributed by atoms with E-state index >= 15 is 0 Å². The molecule has 26 heavy (non-hydrogen) atoms. The van der Waals surface area contributed by atoms with Gasteiger partial charge in [0.25, 0.3) is 0 Å². The van der Waals surface area contributed by atoms with Crippen molar-refractivity contribution in [1.82, 2.24) is 0 Å². The molecule has 0 aliphatic rings. The first-order valence-corrected chi connectivity index (χ1v) is 11.5. The first-order chi connectivity index (χ1) is 12.6. The van der Waals surface area contributed by atoms with E-state index in [9.17, 15) is 4.79 Å². The molecule has 3 heteroatoms. The monoisotopic (exact) mass is 369 g/mol. The fraction of sp³-hybridized carbons (Fsp3) is 0.957. The number of nitrogens with two attached hydrogens (primary N) is 1. The molecule has 2 N–H and O–H groups in total. The van der Waals surface area contributed by atoms with Crippen LogP contribution in [0.3, 0.4) is 0 Å². The second-order valence-corrected chi connectivity index (χ2v) is 8.24. The Morgan fingerprint density at radius 1 is 0.692 bits per heavy atom. The summed E-state index contributed by atoms with van der Waals surface area (Å²) < 4.78 is 5.22. The van der Waals surface area contributed by atoms with E-state index in [-0.39, 0.29) is 11.9 Å². The molecule has 0 saturated heterocycles. The molecule has 1 atom stereocenters. The van der Waals surface area contributed by atoms with Crippen LogP contribution < -0.4 is 5.73 Å². The maximum Gasteiger partial charge on any atom is 0.323 e. The van der Waals surface area contributed by atoms with E-state index in [0.29, 0.717) is 6.61 Å². The number of unbranched alkanes of at least 4 members (excludes halogenated alkanes) is 15. The van der Waals surface area contributed by atoms with Crippen LogP contribution in [0.5, 0.6) is 0 Å². The van der Waals surface area contributed by atoms with Crippen LogP contribution in [0.4, 0.5) is 0 Å². The van der Waals surface area contributed by atoms with Crippen molar-refractivity contribution in [3.8, 4) is 0 Å². The van der Waals surface area contributed by atoms with Gasteiger partial charge in [-0.05, 0) is 12.3 Å². The van der Waals surface area contributed by atoms with Gasteiger partial charge in [-0.1, -0.05) is 117 Å². The summed E-state index contributed by atoms with van der Waals surface area (Å²) in [7, 11) is 0. The Hall–Kier alpha value is -0.570. The Bertz CT molecular complexity index is 305. The highest BCUT2D eigenvalue weighted by Gasteiger charge is 2.18. The largest absolute Gasteiger partial charge is 0.465 e. The zero-order valence-electron chi connectivity index (χ0n) is 18.1. The van der Waals surface area contributed by atoms with Gasteiger partial charge in [0.05, 0.1) is 6.61 Å². The van der Waals surface area contributed by atoms with Crippen molar-refractivity contribution >= 4 is 5.97 Å². The Kier molecular flexibility index (Phi) is 18.8. The molecule has 3 nitrogen and oxygen atoms in total. The maximum absolute atomic E-state index is 11.6. The summed E-state index contributed by atoms with van der Waals surface area (Å²) in [6.45, 7) is 6.70. The van der Waals surface area contributed by atoms with Gasteiger partial charge in [-0.25, -0.2) is 0 Å². The molecule has 0 aliphatic heterocycles. The lowest BCUT2D eigenvalue weighted by atomic mass is 10.0. The van der Waals surface area contributed by atoms with Crippen LogP contribution in [0.25, 0.3) is 0 Å². The summed E-state index contributed by atoms with van der Waals surface area (Å²) in [4.78, 5) is 11.6. The third-order valence-corrected chi connectivity index (χ3v) is 5.23. The van der Waals surface area contributed by atoms with Gasteiger partial charge in [0.2, 0.25) is 0 Å². The third kappa shape index (κ3) is 16.9. The molecule has 0 aromatic carbocycles. The first-order valence-electron chi connectivity index (χ1n) is 11.5. The third-order valence-electron chi connectivity index (χ3n) is 5.23. The Morgan fingerprint density at radius 3 is 1.38 bits per heavy atom. The molecule has 0 saturated carbocycles. The highest BCUT2D eigenvalue weighted by atomic mass is 16.5. The van der Waals surface area contributed by atoms with Crippen molar-refractivity contribution in [3.63, 3.8) is 0 Å². The van der Waals surface area contributed by atoms with Gasteiger partial charge in [-0.2, -0.15) is 0 Å². The standard InChI is InChI=1S/C23H47NO2/c1-4-5-6-7-8-9-10-11-12-13-14-15-16-17-18-19-20-26-23(25)22(24)21(2)3/h21-22H,4-20,24H2,1-3H3. The van der Waals surface area contributed by atoms with Crippen LogP contribution in [0.2, 0.25) is 0 Å². The van der Waals surface area contributed by atoms with Gasteiger partial charge < -0.3 is 10.5 Å². The van der Waals surface area contributed by atoms with Gasteiger partial charge in [-0.15, -0.1) is 0 Å². The van der Waals surface area contributed by atoms with Gasteiger partial charge in [0.15, 0.2) is 0 Å². The van der Waals surface area contributed by atoms with Gasteiger partial charge in [0, 0.05) is 0 Å². The van der Waals surface area contributed by atoms with Crippen LogP contribution in [0.1, 0.15) is 124 Å². The van der Waals surface area contributed by atoms with Crippen molar-refractivity contribution in [2.24, 2.45) is 11.7 Å². The molecule has 0 radical (unpaired) electrons. The average molecular weight is 370 g/mol.